The lowest BCUT2D eigenvalue weighted by atomic mass is 10.1. The smallest absolute Gasteiger partial charge is 0.0762 e. The quantitative estimate of drug-likeness (QED) is 0.687. The van der Waals surface area contributed by atoms with E-state index in [0.29, 0.717) is 12.0 Å². The summed E-state index contributed by atoms with van der Waals surface area (Å²) in [6.07, 6.45) is 3.14. The van der Waals surface area contributed by atoms with Crippen LogP contribution >= 0.6 is 0 Å². The minimum atomic E-state index is 0.495. The number of nitrogens with zero attached hydrogens (tertiary/aromatic N) is 2. The standard InChI is InChI=1S/C14H27N3O/c1-12(2)6-9-18-10-8-17-7-5-14(16-17)11-15-13(3)4/h5,7,12-13,15H,6,8-11H2,1-4H3. The second-order valence-electron chi connectivity index (χ2n) is 5.40. The highest BCUT2D eigenvalue weighted by atomic mass is 16.5. The molecule has 0 amide bonds. The van der Waals surface area contributed by atoms with Gasteiger partial charge in [-0.25, -0.2) is 0 Å². The van der Waals surface area contributed by atoms with Crippen LogP contribution in [0.1, 0.15) is 39.8 Å². The van der Waals surface area contributed by atoms with Crippen LogP contribution in [0.2, 0.25) is 0 Å². The van der Waals surface area contributed by atoms with Crippen LogP contribution in [0, 0.1) is 5.92 Å². The van der Waals surface area contributed by atoms with Gasteiger partial charge in [-0.15, -0.1) is 0 Å². The van der Waals surface area contributed by atoms with E-state index < -0.39 is 0 Å². The minimum Gasteiger partial charge on any atom is -0.380 e. The van der Waals surface area contributed by atoms with Crippen LogP contribution in [-0.2, 0) is 17.8 Å². The van der Waals surface area contributed by atoms with Crippen LogP contribution in [0.5, 0.6) is 0 Å². The topological polar surface area (TPSA) is 39.1 Å². The Morgan fingerprint density at radius 1 is 1.28 bits per heavy atom. The zero-order chi connectivity index (χ0) is 13.4. The van der Waals surface area contributed by atoms with E-state index >= 15 is 0 Å². The summed E-state index contributed by atoms with van der Waals surface area (Å²) in [6, 6.07) is 2.55. The maximum atomic E-state index is 5.58. The first-order valence-corrected chi connectivity index (χ1v) is 6.91. The van der Waals surface area contributed by atoms with Gasteiger partial charge in [0.05, 0.1) is 18.8 Å². The van der Waals surface area contributed by atoms with Crippen LogP contribution in [0.25, 0.3) is 0 Å². The Balaban J connectivity index is 2.15. The van der Waals surface area contributed by atoms with Gasteiger partial charge in [0.25, 0.3) is 0 Å². The normalized spacial score (nSPS) is 11.7. The molecule has 1 rings (SSSR count). The third kappa shape index (κ3) is 6.77. The zero-order valence-corrected chi connectivity index (χ0v) is 12.1. The largest absolute Gasteiger partial charge is 0.380 e. The zero-order valence-electron chi connectivity index (χ0n) is 12.1. The van der Waals surface area contributed by atoms with Crippen molar-refractivity contribution in [3.8, 4) is 0 Å². The van der Waals surface area contributed by atoms with Gasteiger partial charge in [0.15, 0.2) is 0 Å². The summed E-state index contributed by atoms with van der Waals surface area (Å²) in [4.78, 5) is 0. The van der Waals surface area contributed by atoms with E-state index in [4.69, 9.17) is 4.74 Å². The van der Waals surface area contributed by atoms with Crippen molar-refractivity contribution >= 4 is 0 Å². The van der Waals surface area contributed by atoms with Gasteiger partial charge in [0.1, 0.15) is 0 Å². The van der Waals surface area contributed by atoms with Gasteiger partial charge in [0.2, 0.25) is 0 Å². The molecule has 0 aliphatic rings. The van der Waals surface area contributed by atoms with Gasteiger partial charge >= 0.3 is 0 Å². The van der Waals surface area contributed by atoms with Gasteiger partial charge in [-0.05, 0) is 18.4 Å². The maximum Gasteiger partial charge on any atom is 0.0762 e. The molecular weight excluding hydrogens is 226 g/mol. The van der Waals surface area contributed by atoms with Crippen LogP contribution in [-0.4, -0.2) is 29.0 Å². The monoisotopic (exact) mass is 253 g/mol. The molecule has 0 atom stereocenters. The van der Waals surface area contributed by atoms with Crippen molar-refractivity contribution in [2.75, 3.05) is 13.2 Å². The molecule has 0 saturated heterocycles. The first kappa shape index (κ1) is 15.2. The molecule has 0 aromatic carbocycles. The van der Waals surface area contributed by atoms with E-state index in [1.54, 1.807) is 0 Å². The molecule has 0 bridgehead atoms. The van der Waals surface area contributed by atoms with E-state index in [-0.39, 0.29) is 0 Å². The lowest BCUT2D eigenvalue weighted by Crippen LogP contribution is -2.22. The number of hydrogen-bond acceptors (Lipinski definition) is 3. The van der Waals surface area contributed by atoms with E-state index in [0.717, 1.165) is 38.4 Å². The lowest BCUT2D eigenvalue weighted by Gasteiger charge is -2.07. The van der Waals surface area contributed by atoms with Crippen molar-refractivity contribution in [3.05, 3.63) is 18.0 Å². The molecule has 1 aromatic rings. The van der Waals surface area contributed by atoms with E-state index in [1.807, 2.05) is 10.9 Å². The average Bonchev–Trinajstić information content (AvgIpc) is 2.73. The second kappa shape index (κ2) is 8.27. The predicted octanol–water partition coefficient (Wildman–Crippen LogP) is 2.44. The van der Waals surface area contributed by atoms with Crippen molar-refractivity contribution in [2.24, 2.45) is 5.92 Å². The molecule has 1 heterocycles. The van der Waals surface area contributed by atoms with Gasteiger partial charge in [0, 0.05) is 25.4 Å². The summed E-state index contributed by atoms with van der Waals surface area (Å²) in [5.74, 6) is 0.711. The summed E-state index contributed by atoms with van der Waals surface area (Å²) < 4.78 is 7.53. The fraction of sp³-hybridized carbons (Fsp3) is 0.786. The summed E-state index contributed by atoms with van der Waals surface area (Å²) in [5, 5.41) is 7.85. The molecule has 0 fully saturated rings. The molecule has 4 nitrogen and oxygen atoms in total. The average molecular weight is 253 g/mol. The van der Waals surface area contributed by atoms with E-state index in [2.05, 4.69) is 44.2 Å². The van der Waals surface area contributed by atoms with Gasteiger partial charge < -0.3 is 10.1 Å². The van der Waals surface area contributed by atoms with E-state index in [1.165, 1.54) is 0 Å². The number of ether oxygens (including phenoxy) is 1. The number of hydrogen-bond donors (Lipinski definition) is 1. The highest BCUT2D eigenvalue weighted by Gasteiger charge is 2.00. The minimum absolute atomic E-state index is 0.495. The first-order chi connectivity index (χ1) is 8.58. The molecule has 0 aliphatic heterocycles. The molecule has 0 saturated carbocycles. The Kier molecular flexibility index (Phi) is 6.98. The predicted molar refractivity (Wildman–Crippen MR) is 74.5 cm³/mol. The highest BCUT2D eigenvalue weighted by molar-refractivity contribution is 4.98. The van der Waals surface area contributed by atoms with Crippen LogP contribution in [0.15, 0.2) is 12.3 Å². The van der Waals surface area contributed by atoms with Crippen molar-refractivity contribution in [3.63, 3.8) is 0 Å². The SMILES string of the molecule is CC(C)CCOCCn1ccc(CNC(C)C)n1. The second-order valence-corrected chi connectivity index (χ2v) is 5.40. The summed E-state index contributed by atoms with van der Waals surface area (Å²) in [5.41, 5.74) is 1.09. The van der Waals surface area contributed by atoms with Gasteiger partial charge in [-0.3, -0.25) is 4.68 Å². The fourth-order valence-corrected chi connectivity index (χ4v) is 1.51. The molecule has 4 heteroatoms. The Morgan fingerprint density at radius 2 is 2.06 bits per heavy atom. The lowest BCUT2D eigenvalue weighted by molar-refractivity contribution is 0.114. The third-order valence-corrected chi connectivity index (χ3v) is 2.69. The molecule has 18 heavy (non-hydrogen) atoms. The van der Waals surface area contributed by atoms with Crippen LogP contribution in [0.3, 0.4) is 0 Å². The molecule has 0 radical (unpaired) electrons. The Morgan fingerprint density at radius 3 is 2.72 bits per heavy atom. The maximum absolute atomic E-state index is 5.58. The Bertz CT molecular complexity index is 321. The van der Waals surface area contributed by atoms with Crippen molar-refractivity contribution in [1.82, 2.24) is 15.1 Å². The molecule has 0 aliphatic carbocycles. The highest BCUT2D eigenvalue weighted by Crippen LogP contribution is 2.00. The first-order valence-electron chi connectivity index (χ1n) is 6.91. The molecule has 1 N–H and O–H groups in total. The summed E-state index contributed by atoms with van der Waals surface area (Å²) in [7, 11) is 0. The molecular formula is C14H27N3O. The number of rotatable bonds is 9. The van der Waals surface area contributed by atoms with E-state index in [9.17, 15) is 0 Å². The van der Waals surface area contributed by atoms with Crippen LogP contribution < -0.4 is 5.32 Å². The summed E-state index contributed by atoms with van der Waals surface area (Å²) >= 11 is 0. The third-order valence-electron chi connectivity index (χ3n) is 2.69. The molecule has 0 unspecified atom stereocenters. The van der Waals surface area contributed by atoms with Gasteiger partial charge in [-0.1, -0.05) is 27.7 Å². The Labute approximate surface area is 111 Å². The van der Waals surface area contributed by atoms with Crippen LogP contribution in [0.4, 0.5) is 0 Å². The number of aromatic nitrogens is 2. The molecule has 104 valence electrons. The number of nitrogens with one attached hydrogen (secondary N) is 1. The molecule has 1 aromatic heterocycles. The summed E-state index contributed by atoms with van der Waals surface area (Å²) in [6.45, 7) is 12.0. The van der Waals surface area contributed by atoms with Crippen molar-refractivity contribution in [2.45, 2.75) is 53.2 Å². The molecule has 0 spiro atoms. The fourth-order valence-electron chi connectivity index (χ4n) is 1.51. The Hall–Kier alpha value is -0.870. The van der Waals surface area contributed by atoms with Gasteiger partial charge in [-0.2, -0.15) is 5.10 Å². The van der Waals surface area contributed by atoms with Crippen molar-refractivity contribution < 1.29 is 4.74 Å². The van der Waals surface area contributed by atoms with Crippen molar-refractivity contribution in [1.29, 1.82) is 0 Å².